The zero-order valence-corrected chi connectivity index (χ0v) is 11.9. The smallest absolute Gasteiger partial charge is 0.225 e. The molecule has 0 saturated heterocycles. The van der Waals surface area contributed by atoms with E-state index in [9.17, 15) is 4.79 Å². The first-order chi connectivity index (χ1) is 7.96. The summed E-state index contributed by atoms with van der Waals surface area (Å²) in [6.07, 6.45) is 4.08. The van der Waals surface area contributed by atoms with Crippen molar-refractivity contribution in [1.82, 2.24) is 15.1 Å². The van der Waals surface area contributed by atoms with Gasteiger partial charge in [0.05, 0.1) is 5.66 Å². The molecule has 1 aliphatic rings. The summed E-state index contributed by atoms with van der Waals surface area (Å²) in [4.78, 5) is 16.0. The van der Waals surface area contributed by atoms with Crippen molar-refractivity contribution in [2.24, 2.45) is 5.92 Å². The highest BCUT2D eigenvalue weighted by molar-refractivity contribution is 5.78. The van der Waals surface area contributed by atoms with Gasteiger partial charge in [-0.2, -0.15) is 0 Å². The molecule has 0 aromatic rings. The highest BCUT2D eigenvalue weighted by Crippen LogP contribution is 2.34. The normalized spacial score (nSPS) is 29.4. The molecule has 0 aliphatic heterocycles. The zero-order valence-electron chi connectivity index (χ0n) is 11.9. The van der Waals surface area contributed by atoms with Crippen molar-refractivity contribution in [3.8, 4) is 0 Å². The minimum Gasteiger partial charge on any atom is -0.349 e. The SMILES string of the molecule is CCN(C)C1(NC)CCC(C(=O)N(C)C)CC1. The van der Waals surface area contributed by atoms with Crippen LogP contribution in [0, 0.1) is 5.92 Å². The van der Waals surface area contributed by atoms with Crippen molar-refractivity contribution >= 4 is 5.91 Å². The molecular weight excluding hydrogens is 214 g/mol. The summed E-state index contributed by atoms with van der Waals surface area (Å²) >= 11 is 0. The van der Waals surface area contributed by atoms with Gasteiger partial charge in [0.1, 0.15) is 0 Å². The molecule has 17 heavy (non-hydrogen) atoms. The number of hydrogen-bond donors (Lipinski definition) is 1. The number of amides is 1. The molecule has 4 heteroatoms. The lowest BCUT2D eigenvalue weighted by Gasteiger charge is -2.46. The number of carbonyl (C=O) groups is 1. The van der Waals surface area contributed by atoms with Gasteiger partial charge in [0.15, 0.2) is 0 Å². The highest BCUT2D eigenvalue weighted by Gasteiger charge is 2.38. The van der Waals surface area contributed by atoms with Crippen LogP contribution in [0.4, 0.5) is 0 Å². The van der Waals surface area contributed by atoms with Gasteiger partial charge in [-0.05, 0) is 46.3 Å². The van der Waals surface area contributed by atoms with Gasteiger partial charge in [0.25, 0.3) is 0 Å². The molecule has 1 amide bonds. The molecule has 1 N–H and O–H groups in total. The van der Waals surface area contributed by atoms with Crippen molar-refractivity contribution < 1.29 is 4.79 Å². The quantitative estimate of drug-likeness (QED) is 0.750. The average molecular weight is 241 g/mol. The van der Waals surface area contributed by atoms with Crippen LogP contribution in [-0.4, -0.2) is 56.1 Å². The maximum Gasteiger partial charge on any atom is 0.225 e. The number of hydrogen-bond acceptors (Lipinski definition) is 3. The topological polar surface area (TPSA) is 35.6 Å². The lowest BCUT2D eigenvalue weighted by atomic mass is 9.80. The van der Waals surface area contributed by atoms with Crippen LogP contribution >= 0.6 is 0 Å². The minimum atomic E-state index is 0.0951. The van der Waals surface area contributed by atoms with Gasteiger partial charge in [-0.15, -0.1) is 0 Å². The standard InChI is InChI=1S/C13H27N3O/c1-6-16(5)13(14-2)9-7-11(8-10-13)12(17)15(3)4/h11,14H,6-10H2,1-5H3. The van der Waals surface area contributed by atoms with E-state index in [1.54, 1.807) is 4.90 Å². The van der Waals surface area contributed by atoms with Gasteiger partial charge in [-0.25, -0.2) is 0 Å². The largest absolute Gasteiger partial charge is 0.349 e. The molecule has 1 aliphatic carbocycles. The van der Waals surface area contributed by atoms with E-state index in [4.69, 9.17) is 0 Å². The first-order valence-electron chi connectivity index (χ1n) is 6.58. The Hall–Kier alpha value is -0.610. The van der Waals surface area contributed by atoms with Crippen molar-refractivity contribution in [2.45, 2.75) is 38.3 Å². The average Bonchev–Trinajstić information content (AvgIpc) is 2.36. The predicted molar refractivity (Wildman–Crippen MR) is 70.7 cm³/mol. The third-order valence-corrected chi connectivity index (χ3v) is 4.27. The fourth-order valence-electron chi connectivity index (χ4n) is 2.83. The fourth-order valence-corrected chi connectivity index (χ4v) is 2.83. The summed E-state index contributed by atoms with van der Waals surface area (Å²) in [6.45, 7) is 3.21. The second-order valence-corrected chi connectivity index (χ2v) is 5.30. The first kappa shape index (κ1) is 14.5. The Labute approximate surface area is 105 Å². The monoisotopic (exact) mass is 241 g/mol. The Morgan fingerprint density at radius 2 is 1.82 bits per heavy atom. The van der Waals surface area contributed by atoms with Crippen molar-refractivity contribution in [1.29, 1.82) is 0 Å². The Morgan fingerprint density at radius 1 is 1.29 bits per heavy atom. The molecule has 1 saturated carbocycles. The van der Waals surface area contributed by atoms with E-state index in [2.05, 4.69) is 24.2 Å². The number of rotatable bonds is 4. The third kappa shape index (κ3) is 2.99. The fraction of sp³-hybridized carbons (Fsp3) is 0.923. The van der Waals surface area contributed by atoms with Gasteiger partial charge in [-0.3, -0.25) is 9.69 Å². The van der Waals surface area contributed by atoms with Crippen LogP contribution in [0.3, 0.4) is 0 Å². The second-order valence-electron chi connectivity index (χ2n) is 5.30. The van der Waals surface area contributed by atoms with Crippen LogP contribution in [0.5, 0.6) is 0 Å². The molecule has 0 aromatic carbocycles. The van der Waals surface area contributed by atoms with E-state index in [0.717, 1.165) is 32.2 Å². The van der Waals surface area contributed by atoms with Crippen molar-refractivity contribution in [3.63, 3.8) is 0 Å². The van der Waals surface area contributed by atoms with Gasteiger partial charge >= 0.3 is 0 Å². The molecule has 4 nitrogen and oxygen atoms in total. The van der Waals surface area contributed by atoms with Gasteiger partial charge in [-0.1, -0.05) is 6.92 Å². The van der Waals surface area contributed by atoms with Crippen LogP contribution in [0.15, 0.2) is 0 Å². The number of carbonyl (C=O) groups excluding carboxylic acids is 1. The van der Waals surface area contributed by atoms with E-state index in [0.29, 0.717) is 0 Å². The Bertz CT molecular complexity index is 257. The zero-order chi connectivity index (χ0) is 13.1. The van der Waals surface area contributed by atoms with Crippen LogP contribution in [0.2, 0.25) is 0 Å². The molecule has 1 rings (SSSR count). The molecule has 0 heterocycles. The molecule has 0 radical (unpaired) electrons. The van der Waals surface area contributed by atoms with Crippen molar-refractivity contribution in [2.75, 3.05) is 34.7 Å². The summed E-state index contributed by atoms with van der Waals surface area (Å²) in [5.41, 5.74) is 0.0951. The van der Waals surface area contributed by atoms with Crippen LogP contribution in [0.1, 0.15) is 32.6 Å². The summed E-state index contributed by atoms with van der Waals surface area (Å²) in [7, 11) is 7.88. The van der Waals surface area contributed by atoms with Crippen molar-refractivity contribution in [3.05, 3.63) is 0 Å². The summed E-state index contributed by atoms with van der Waals surface area (Å²) in [5.74, 6) is 0.505. The molecule has 0 bridgehead atoms. The van der Waals surface area contributed by atoms with E-state index >= 15 is 0 Å². The van der Waals surface area contributed by atoms with Crippen LogP contribution in [-0.2, 0) is 4.79 Å². The minimum absolute atomic E-state index is 0.0951. The molecule has 0 spiro atoms. The van der Waals surface area contributed by atoms with Gasteiger partial charge in [0, 0.05) is 20.0 Å². The molecule has 1 fully saturated rings. The molecular formula is C13H27N3O. The molecule has 0 unspecified atom stereocenters. The molecule has 100 valence electrons. The molecule has 0 aromatic heterocycles. The van der Waals surface area contributed by atoms with E-state index in [1.165, 1.54) is 0 Å². The lowest BCUT2D eigenvalue weighted by Crippen LogP contribution is -2.58. The highest BCUT2D eigenvalue weighted by atomic mass is 16.2. The third-order valence-electron chi connectivity index (χ3n) is 4.27. The summed E-state index contributed by atoms with van der Waals surface area (Å²) in [6, 6.07) is 0. The second kappa shape index (κ2) is 5.83. The predicted octanol–water partition coefficient (Wildman–Crippen LogP) is 1.13. The Kier molecular flexibility index (Phi) is 4.95. The number of nitrogens with zero attached hydrogens (tertiary/aromatic N) is 2. The Morgan fingerprint density at radius 3 is 2.18 bits per heavy atom. The summed E-state index contributed by atoms with van der Waals surface area (Å²) < 4.78 is 0. The van der Waals surface area contributed by atoms with Gasteiger partial charge in [0.2, 0.25) is 5.91 Å². The van der Waals surface area contributed by atoms with Crippen LogP contribution < -0.4 is 5.32 Å². The maximum absolute atomic E-state index is 11.9. The van der Waals surface area contributed by atoms with Crippen LogP contribution in [0.25, 0.3) is 0 Å². The van der Waals surface area contributed by atoms with E-state index in [-0.39, 0.29) is 17.5 Å². The van der Waals surface area contributed by atoms with Gasteiger partial charge < -0.3 is 10.2 Å². The molecule has 0 atom stereocenters. The first-order valence-corrected chi connectivity index (χ1v) is 6.58. The van der Waals surface area contributed by atoms with E-state index < -0.39 is 0 Å². The Balaban J connectivity index is 2.62. The number of nitrogens with one attached hydrogen (secondary N) is 1. The summed E-state index contributed by atoms with van der Waals surface area (Å²) in [5, 5.41) is 3.46. The van der Waals surface area contributed by atoms with E-state index in [1.807, 2.05) is 21.1 Å². The maximum atomic E-state index is 11.9. The lowest BCUT2D eigenvalue weighted by molar-refractivity contribution is -0.135.